The van der Waals surface area contributed by atoms with Crippen LogP contribution in [0.1, 0.15) is 20.8 Å². The number of amides is 2. The Balaban J connectivity index is 2.82. The van der Waals surface area contributed by atoms with Crippen LogP contribution in [0.25, 0.3) is 0 Å². The van der Waals surface area contributed by atoms with E-state index in [9.17, 15) is 9.59 Å². The van der Waals surface area contributed by atoms with Crippen molar-refractivity contribution in [3.05, 3.63) is 28.2 Å². The summed E-state index contributed by atoms with van der Waals surface area (Å²) >= 11 is 11.8. The van der Waals surface area contributed by atoms with E-state index in [1.54, 1.807) is 39.0 Å². The van der Waals surface area contributed by atoms with Crippen molar-refractivity contribution in [1.82, 2.24) is 5.32 Å². The maximum Gasteiger partial charge on any atom is 0.326 e. The third-order valence-electron chi connectivity index (χ3n) is 2.59. The first kappa shape index (κ1) is 16.6. The molecule has 0 spiro atoms. The number of hydrogen-bond acceptors (Lipinski definition) is 2. The zero-order valence-electron chi connectivity index (χ0n) is 11.3. The van der Waals surface area contributed by atoms with Gasteiger partial charge in [0.15, 0.2) is 0 Å². The van der Waals surface area contributed by atoms with Crippen LogP contribution in [-0.2, 0) is 4.79 Å². The second kappa shape index (κ2) is 6.33. The summed E-state index contributed by atoms with van der Waals surface area (Å²) in [5.74, 6) is -1.11. The van der Waals surface area contributed by atoms with Gasteiger partial charge in [-0.1, -0.05) is 50.0 Å². The molecule has 0 aliphatic heterocycles. The number of benzene rings is 1. The van der Waals surface area contributed by atoms with E-state index in [-0.39, 0.29) is 5.02 Å². The molecule has 1 atom stereocenters. The van der Waals surface area contributed by atoms with Gasteiger partial charge in [-0.25, -0.2) is 9.59 Å². The molecule has 1 rings (SSSR count). The maximum atomic E-state index is 11.9. The Hall–Kier alpha value is -1.46. The van der Waals surface area contributed by atoms with Gasteiger partial charge in [0.25, 0.3) is 0 Å². The summed E-state index contributed by atoms with van der Waals surface area (Å²) in [6, 6.07) is 3.10. The highest BCUT2D eigenvalue weighted by atomic mass is 35.5. The van der Waals surface area contributed by atoms with Crippen LogP contribution >= 0.6 is 23.2 Å². The highest BCUT2D eigenvalue weighted by molar-refractivity contribution is 6.43. The molecule has 20 heavy (non-hydrogen) atoms. The van der Waals surface area contributed by atoms with E-state index in [1.165, 1.54) is 0 Å². The van der Waals surface area contributed by atoms with Crippen molar-refractivity contribution in [2.75, 3.05) is 5.32 Å². The molecular formula is C13H16Cl2N2O3. The summed E-state index contributed by atoms with van der Waals surface area (Å²) < 4.78 is 0. The molecule has 0 unspecified atom stereocenters. The number of urea groups is 1. The number of carbonyl (C=O) groups is 2. The topological polar surface area (TPSA) is 78.4 Å². The van der Waals surface area contributed by atoms with Gasteiger partial charge in [-0.2, -0.15) is 0 Å². The largest absolute Gasteiger partial charge is 0.480 e. The van der Waals surface area contributed by atoms with Crippen LogP contribution in [0, 0.1) is 5.41 Å². The first-order valence-corrected chi connectivity index (χ1v) is 6.63. The van der Waals surface area contributed by atoms with Gasteiger partial charge in [0, 0.05) is 0 Å². The summed E-state index contributed by atoms with van der Waals surface area (Å²) in [5, 5.41) is 14.5. The highest BCUT2D eigenvalue weighted by Gasteiger charge is 2.32. The summed E-state index contributed by atoms with van der Waals surface area (Å²) in [6.07, 6.45) is 0. The fourth-order valence-corrected chi connectivity index (χ4v) is 1.89. The number of aliphatic carboxylic acids is 1. The van der Waals surface area contributed by atoms with Crippen molar-refractivity contribution in [3.8, 4) is 0 Å². The van der Waals surface area contributed by atoms with E-state index in [4.69, 9.17) is 28.3 Å². The molecule has 0 bridgehead atoms. The quantitative estimate of drug-likeness (QED) is 0.796. The van der Waals surface area contributed by atoms with Crippen LogP contribution in [0.4, 0.5) is 10.5 Å². The molecule has 5 nitrogen and oxygen atoms in total. The Kier molecular flexibility index (Phi) is 5.25. The van der Waals surface area contributed by atoms with Gasteiger partial charge in [0.1, 0.15) is 6.04 Å². The monoisotopic (exact) mass is 318 g/mol. The minimum Gasteiger partial charge on any atom is -0.480 e. The number of nitrogens with one attached hydrogen (secondary N) is 2. The van der Waals surface area contributed by atoms with Gasteiger partial charge in [-0.05, 0) is 17.5 Å². The summed E-state index contributed by atoms with van der Waals surface area (Å²) in [4.78, 5) is 23.0. The van der Waals surface area contributed by atoms with E-state index >= 15 is 0 Å². The number of carboxylic acid groups (broad SMARTS) is 1. The minimum atomic E-state index is -1.11. The molecule has 0 fully saturated rings. The smallest absolute Gasteiger partial charge is 0.326 e. The fourth-order valence-electron chi connectivity index (χ4n) is 1.54. The number of anilines is 1. The van der Waals surface area contributed by atoms with Gasteiger partial charge in [0.05, 0.1) is 15.7 Å². The highest BCUT2D eigenvalue weighted by Crippen LogP contribution is 2.29. The first-order chi connectivity index (χ1) is 9.12. The molecule has 1 aromatic rings. The molecule has 0 aliphatic carbocycles. The molecule has 110 valence electrons. The molecule has 0 saturated heterocycles. The molecule has 0 heterocycles. The van der Waals surface area contributed by atoms with E-state index in [2.05, 4.69) is 10.6 Å². The lowest BCUT2D eigenvalue weighted by atomic mass is 9.87. The lowest BCUT2D eigenvalue weighted by molar-refractivity contribution is -0.141. The molecule has 0 saturated carbocycles. The average Bonchev–Trinajstić information content (AvgIpc) is 2.30. The van der Waals surface area contributed by atoms with Crippen LogP contribution in [0.3, 0.4) is 0 Å². The van der Waals surface area contributed by atoms with Crippen LogP contribution < -0.4 is 10.6 Å². The molecular weight excluding hydrogens is 303 g/mol. The fraction of sp³-hybridized carbons (Fsp3) is 0.385. The molecule has 3 N–H and O–H groups in total. The van der Waals surface area contributed by atoms with Crippen molar-refractivity contribution in [2.24, 2.45) is 5.41 Å². The zero-order chi connectivity index (χ0) is 15.5. The van der Waals surface area contributed by atoms with Gasteiger partial charge in [-0.15, -0.1) is 0 Å². The number of rotatable bonds is 3. The number of carboxylic acids is 1. The Bertz CT molecular complexity index is 527. The van der Waals surface area contributed by atoms with Gasteiger partial charge in [0.2, 0.25) is 0 Å². The number of hydrogen-bond donors (Lipinski definition) is 3. The van der Waals surface area contributed by atoms with E-state index in [0.29, 0.717) is 10.7 Å². The average molecular weight is 319 g/mol. The number of carbonyl (C=O) groups excluding carboxylic acids is 1. The van der Waals surface area contributed by atoms with Crippen LogP contribution in [0.2, 0.25) is 10.0 Å². The Morgan fingerprint density at radius 1 is 1.25 bits per heavy atom. The van der Waals surface area contributed by atoms with Crippen molar-refractivity contribution >= 4 is 40.9 Å². The van der Waals surface area contributed by atoms with E-state index < -0.39 is 23.5 Å². The molecule has 0 radical (unpaired) electrons. The Morgan fingerprint density at radius 3 is 2.35 bits per heavy atom. The van der Waals surface area contributed by atoms with Crippen LogP contribution in [0.15, 0.2) is 18.2 Å². The van der Waals surface area contributed by atoms with E-state index in [1.807, 2.05) is 0 Å². The normalized spacial score (nSPS) is 12.7. The molecule has 7 heteroatoms. The predicted octanol–water partition coefficient (Wildman–Crippen LogP) is 3.61. The third-order valence-corrected chi connectivity index (χ3v) is 3.41. The van der Waals surface area contributed by atoms with Crippen molar-refractivity contribution in [1.29, 1.82) is 0 Å². The molecule has 0 aromatic heterocycles. The van der Waals surface area contributed by atoms with Gasteiger partial charge >= 0.3 is 12.0 Å². The molecule has 2 amide bonds. The summed E-state index contributed by atoms with van der Waals surface area (Å²) in [7, 11) is 0. The number of halogens is 2. The van der Waals surface area contributed by atoms with Gasteiger partial charge < -0.3 is 15.7 Å². The van der Waals surface area contributed by atoms with Crippen molar-refractivity contribution in [2.45, 2.75) is 26.8 Å². The summed E-state index contributed by atoms with van der Waals surface area (Å²) in [5.41, 5.74) is -0.309. The molecule has 0 aliphatic rings. The lowest BCUT2D eigenvalue weighted by Gasteiger charge is -2.27. The zero-order valence-corrected chi connectivity index (χ0v) is 12.8. The van der Waals surface area contributed by atoms with Crippen molar-refractivity contribution < 1.29 is 14.7 Å². The SMILES string of the molecule is CC(C)(C)[C@@H](NC(=O)Nc1cccc(Cl)c1Cl)C(=O)O. The second-order valence-electron chi connectivity index (χ2n) is 5.34. The summed E-state index contributed by atoms with van der Waals surface area (Å²) in [6.45, 7) is 5.16. The van der Waals surface area contributed by atoms with Crippen LogP contribution in [-0.4, -0.2) is 23.1 Å². The van der Waals surface area contributed by atoms with E-state index in [0.717, 1.165) is 0 Å². The van der Waals surface area contributed by atoms with Gasteiger partial charge in [-0.3, -0.25) is 0 Å². The Morgan fingerprint density at radius 2 is 1.85 bits per heavy atom. The van der Waals surface area contributed by atoms with Crippen LogP contribution in [0.5, 0.6) is 0 Å². The second-order valence-corrected chi connectivity index (χ2v) is 6.12. The Labute approximate surface area is 127 Å². The maximum absolute atomic E-state index is 11.9. The minimum absolute atomic E-state index is 0.201. The van der Waals surface area contributed by atoms with Crippen molar-refractivity contribution in [3.63, 3.8) is 0 Å². The molecule has 1 aromatic carbocycles. The standard InChI is InChI=1S/C13H16Cl2N2O3/c1-13(2,3)10(11(18)19)17-12(20)16-8-6-4-5-7(14)9(8)15/h4-6,10H,1-3H3,(H,18,19)(H2,16,17,20)/t10-/m0/s1. The predicted molar refractivity (Wildman–Crippen MR) is 79.5 cm³/mol. The lowest BCUT2D eigenvalue weighted by Crippen LogP contribution is -2.50. The third kappa shape index (κ3) is 4.28. The first-order valence-electron chi connectivity index (χ1n) is 5.87.